The van der Waals surface area contributed by atoms with E-state index in [1.807, 2.05) is 30.3 Å². The van der Waals surface area contributed by atoms with Gasteiger partial charge >= 0.3 is 5.97 Å². The molecule has 1 aliphatic rings. The van der Waals surface area contributed by atoms with E-state index in [0.29, 0.717) is 59.7 Å². The van der Waals surface area contributed by atoms with E-state index in [1.54, 1.807) is 74.7 Å². The van der Waals surface area contributed by atoms with E-state index in [2.05, 4.69) is 10.3 Å². The Morgan fingerprint density at radius 2 is 1.82 bits per heavy atom. The summed E-state index contributed by atoms with van der Waals surface area (Å²) in [6.07, 6.45) is 1.61. The second-order valence-electron chi connectivity index (χ2n) is 10.1. The monoisotopic (exact) mass is 639 g/mol. The van der Waals surface area contributed by atoms with Crippen LogP contribution in [0, 0.1) is 0 Å². The van der Waals surface area contributed by atoms with Gasteiger partial charge in [0.15, 0.2) is 4.80 Å². The first-order valence-corrected chi connectivity index (χ1v) is 15.0. The van der Waals surface area contributed by atoms with Crippen molar-refractivity contribution in [2.24, 2.45) is 4.99 Å². The molecular weight excluding hydrogens is 614 g/mol. The molecule has 45 heavy (non-hydrogen) atoms. The van der Waals surface area contributed by atoms with Crippen molar-refractivity contribution >= 4 is 46.6 Å². The number of furan rings is 1. The SMILES string of the molecule is COC(=O)c1ccc(Cl)cc1-c1ccc(/C=c2/sc3n(c2=O)[C@H](c2cccc(OC)c2)C(C(=O)Nc2ccccc2)=C(C)N=3)o1. The maximum absolute atomic E-state index is 14.1. The van der Waals surface area contributed by atoms with E-state index in [-0.39, 0.29) is 17.0 Å². The highest BCUT2D eigenvalue weighted by molar-refractivity contribution is 7.07. The summed E-state index contributed by atoms with van der Waals surface area (Å²) in [4.78, 5) is 45.3. The lowest BCUT2D eigenvalue weighted by Crippen LogP contribution is -2.40. The van der Waals surface area contributed by atoms with Crippen molar-refractivity contribution < 1.29 is 23.5 Å². The van der Waals surface area contributed by atoms with Crippen LogP contribution in [-0.4, -0.2) is 30.7 Å². The van der Waals surface area contributed by atoms with Gasteiger partial charge in [0.1, 0.15) is 17.3 Å². The molecule has 0 saturated carbocycles. The van der Waals surface area contributed by atoms with Crippen molar-refractivity contribution in [3.8, 4) is 17.1 Å². The molecule has 1 N–H and O–H groups in total. The molecule has 0 radical (unpaired) electrons. The summed E-state index contributed by atoms with van der Waals surface area (Å²) >= 11 is 7.39. The molecule has 0 bridgehead atoms. The number of para-hydroxylation sites is 1. The van der Waals surface area contributed by atoms with Crippen molar-refractivity contribution in [1.29, 1.82) is 0 Å². The Hall–Kier alpha value is -5.19. The van der Waals surface area contributed by atoms with Gasteiger partial charge in [-0.15, -0.1) is 0 Å². The Morgan fingerprint density at radius 1 is 1.02 bits per heavy atom. The number of anilines is 1. The third-order valence-corrected chi connectivity index (χ3v) is 8.48. The van der Waals surface area contributed by atoms with Crippen molar-refractivity contribution in [2.45, 2.75) is 13.0 Å². The Bertz CT molecular complexity index is 2160. The number of esters is 1. The highest BCUT2D eigenvalue weighted by Gasteiger charge is 2.33. The molecule has 9 nitrogen and oxygen atoms in total. The third-order valence-electron chi connectivity index (χ3n) is 7.26. The molecule has 0 spiro atoms. The molecule has 0 saturated heterocycles. The maximum Gasteiger partial charge on any atom is 0.338 e. The van der Waals surface area contributed by atoms with Gasteiger partial charge in [-0.1, -0.05) is 53.3 Å². The predicted octanol–water partition coefficient (Wildman–Crippen LogP) is 5.58. The van der Waals surface area contributed by atoms with Crippen LogP contribution in [0.15, 0.2) is 110 Å². The summed E-state index contributed by atoms with van der Waals surface area (Å²) in [5, 5.41) is 3.36. The van der Waals surface area contributed by atoms with E-state index in [0.717, 1.165) is 0 Å². The zero-order valence-electron chi connectivity index (χ0n) is 24.4. The Morgan fingerprint density at radius 3 is 2.58 bits per heavy atom. The number of nitrogens with zero attached hydrogens (tertiary/aromatic N) is 2. The van der Waals surface area contributed by atoms with Crippen molar-refractivity contribution in [3.63, 3.8) is 0 Å². The fraction of sp³-hybridized carbons (Fsp3) is 0.118. The number of hydrogen-bond donors (Lipinski definition) is 1. The lowest BCUT2D eigenvalue weighted by molar-refractivity contribution is -0.113. The molecule has 0 fully saturated rings. The number of carbonyl (C=O) groups excluding carboxylic acids is 2. The van der Waals surface area contributed by atoms with Gasteiger partial charge in [0, 0.05) is 22.3 Å². The van der Waals surface area contributed by atoms with E-state index >= 15 is 0 Å². The number of ether oxygens (including phenoxy) is 2. The van der Waals surface area contributed by atoms with Crippen molar-refractivity contribution in [3.05, 3.63) is 138 Å². The molecule has 3 aromatic carbocycles. The number of hydrogen-bond acceptors (Lipinski definition) is 8. The fourth-order valence-electron chi connectivity index (χ4n) is 5.17. The van der Waals surface area contributed by atoms with Crippen molar-refractivity contribution in [2.75, 3.05) is 19.5 Å². The minimum atomic E-state index is -0.775. The lowest BCUT2D eigenvalue weighted by atomic mass is 9.95. The number of carbonyl (C=O) groups is 2. The van der Waals surface area contributed by atoms with Gasteiger partial charge in [0.2, 0.25) is 0 Å². The molecule has 5 aromatic rings. The summed E-state index contributed by atoms with van der Waals surface area (Å²) in [6, 6.07) is 23.7. The smallest absolute Gasteiger partial charge is 0.338 e. The van der Waals surface area contributed by atoms with E-state index in [9.17, 15) is 14.4 Å². The standard InChI is InChI=1S/C34H26ClN3O6S/c1-19-29(31(39)37-22-9-5-4-6-10-22)30(20-8-7-11-23(16-20)42-2)38-32(40)28(45-34(38)36-19)18-24-13-15-27(44-24)26-17-21(35)12-14-25(26)33(41)43-3/h4-18,30H,1-3H3,(H,37,39)/b28-18+/t30-/m1/s1. The topological polar surface area (TPSA) is 112 Å². The van der Waals surface area contributed by atoms with Gasteiger partial charge in [-0.2, -0.15) is 0 Å². The summed E-state index contributed by atoms with van der Waals surface area (Å²) in [5.41, 5.74) is 2.53. The normalized spacial score (nSPS) is 14.5. The lowest BCUT2D eigenvalue weighted by Gasteiger charge is -2.25. The Kier molecular flexibility index (Phi) is 8.25. The third kappa shape index (κ3) is 5.85. The van der Waals surface area contributed by atoms with Gasteiger partial charge in [-0.05, 0) is 67.1 Å². The van der Waals surface area contributed by atoms with Crippen LogP contribution in [0.25, 0.3) is 17.4 Å². The molecule has 6 rings (SSSR count). The van der Waals surface area contributed by atoms with E-state index in [1.165, 1.54) is 23.0 Å². The van der Waals surface area contributed by atoms with Crippen molar-refractivity contribution in [1.82, 2.24) is 4.57 Å². The van der Waals surface area contributed by atoms with Crippen LogP contribution in [0.5, 0.6) is 5.75 Å². The highest BCUT2D eigenvalue weighted by atomic mass is 35.5. The number of thiazole rings is 1. The largest absolute Gasteiger partial charge is 0.497 e. The number of benzene rings is 3. The first kappa shape index (κ1) is 29.9. The van der Waals surface area contributed by atoms with Crippen LogP contribution in [0.1, 0.15) is 34.6 Å². The second-order valence-corrected chi connectivity index (χ2v) is 11.5. The molecule has 226 valence electrons. The van der Waals surface area contributed by atoms with Gasteiger partial charge in [0.05, 0.1) is 41.6 Å². The van der Waals surface area contributed by atoms with Gasteiger partial charge < -0.3 is 19.2 Å². The van der Waals surface area contributed by atoms with E-state index < -0.39 is 12.0 Å². The van der Waals surface area contributed by atoms with Gasteiger partial charge in [0.25, 0.3) is 11.5 Å². The minimum absolute atomic E-state index is 0.289. The molecule has 1 amide bonds. The second kappa shape index (κ2) is 12.4. The number of allylic oxidation sites excluding steroid dienone is 1. The number of fused-ring (bicyclic) bond motifs is 1. The number of aromatic nitrogens is 1. The molecule has 3 heterocycles. The molecule has 1 aliphatic heterocycles. The molecule has 1 atom stereocenters. The fourth-order valence-corrected chi connectivity index (χ4v) is 6.37. The first-order chi connectivity index (χ1) is 21.8. The van der Waals surface area contributed by atoms with Crippen LogP contribution < -0.4 is 24.9 Å². The maximum atomic E-state index is 14.1. The zero-order valence-corrected chi connectivity index (χ0v) is 25.9. The first-order valence-electron chi connectivity index (χ1n) is 13.8. The van der Waals surface area contributed by atoms with Crippen LogP contribution in [0.4, 0.5) is 5.69 Å². The van der Waals surface area contributed by atoms with Gasteiger partial charge in [-0.25, -0.2) is 9.79 Å². The number of rotatable bonds is 7. The minimum Gasteiger partial charge on any atom is -0.497 e. The average Bonchev–Trinajstić information content (AvgIpc) is 3.64. The summed E-state index contributed by atoms with van der Waals surface area (Å²) in [5.74, 6) is 0.433. The number of halogens is 1. The number of amides is 1. The summed E-state index contributed by atoms with van der Waals surface area (Å²) < 4.78 is 18.3. The zero-order chi connectivity index (χ0) is 31.7. The van der Waals surface area contributed by atoms with Gasteiger partial charge in [-0.3, -0.25) is 14.2 Å². The van der Waals surface area contributed by atoms with Crippen LogP contribution in [0.2, 0.25) is 5.02 Å². The van der Waals surface area contributed by atoms with Crippen LogP contribution >= 0.6 is 22.9 Å². The molecular formula is C34H26ClN3O6S. The number of methoxy groups -OCH3 is 2. The average molecular weight is 640 g/mol. The van der Waals surface area contributed by atoms with Crippen LogP contribution in [0.3, 0.4) is 0 Å². The molecule has 0 unspecified atom stereocenters. The molecule has 11 heteroatoms. The Balaban J connectivity index is 1.46. The highest BCUT2D eigenvalue weighted by Crippen LogP contribution is 2.33. The predicted molar refractivity (Wildman–Crippen MR) is 172 cm³/mol. The summed E-state index contributed by atoms with van der Waals surface area (Å²) in [7, 11) is 2.86. The molecule has 0 aliphatic carbocycles. The Labute approximate surface area is 266 Å². The van der Waals surface area contributed by atoms with Crippen LogP contribution in [-0.2, 0) is 9.53 Å². The number of nitrogens with one attached hydrogen (secondary N) is 1. The molecule has 2 aromatic heterocycles. The summed E-state index contributed by atoms with van der Waals surface area (Å²) in [6.45, 7) is 1.76. The quantitative estimate of drug-likeness (QED) is 0.233. The van der Waals surface area contributed by atoms with E-state index in [4.69, 9.17) is 25.5 Å².